The van der Waals surface area contributed by atoms with E-state index in [2.05, 4.69) is 51.2 Å². The van der Waals surface area contributed by atoms with Crippen LogP contribution in [0.2, 0.25) is 0 Å². The van der Waals surface area contributed by atoms with Crippen molar-refractivity contribution in [1.29, 1.82) is 0 Å². The summed E-state index contributed by atoms with van der Waals surface area (Å²) in [5, 5.41) is 3.24. The highest BCUT2D eigenvalue weighted by molar-refractivity contribution is 5.79. The minimum absolute atomic E-state index is 0.0209. The molecule has 1 aromatic carbocycles. The first-order valence-electron chi connectivity index (χ1n) is 7.27. The molecule has 0 aliphatic carbocycles. The number of amides is 1. The summed E-state index contributed by atoms with van der Waals surface area (Å²) in [7, 11) is 0. The fraction of sp³-hybridized carbons (Fsp3) is 0.588. The van der Waals surface area contributed by atoms with Gasteiger partial charge in [-0.25, -0.2) is 0 Å². The molecule has 1 amide bonds. The molecular formula is C17H25NO. The molecule has 1 saturated heterocycles. The van der Waals surface area contributed by atoms with Crippen molar-refractivity contribution in [3.63, 3.8) is 0 Å². The van der Waals surface area contributed by atoms with E-state index in [0.717, 1.165) is 19.3 Å². The number of hydrogen-bond acceptors (Lipinski definition) is 1. The van der Waals surface area contributed by atoms with Crippen molar-refractivity contribution in [2.75, 3.05) is 0 Å². The summed E-state index contributed by atoms with van der Waals surface area (Å²) in [4.78, 5) is 11.6. The zero-order valence-corrected chi connectivity index (χ0v) is 12.5. The van der Waals surface area contributed by atoms with Gasteiger partial charge in [0.25, 0.3) is 0 Å². The van der Waals surface area contributed by atoms with Crippen LogP contribution < -0.4 is 5.32 Å². The highest BCUT2D eigenvalue weighted by Crippen LogP contribution is 2.31. The molecule has 2 heteroatoms. The first kappa shape index (κ1) is 14.1. The van der Waals surface area contributed by atoms with Gasteiger partial charge in [0, 0.05) is 12.0 Å². The van der Waals surface area contributed by atoms with Crippen molar-refractivity contribution in [3.8, 4) is 0 Å². The van der Waals surface area contributed by atoms with Crippen LogP contribution in [0.3, 0.4) is 0 Å². The second kappa shape index (κ2) is 5.36. The summed E-state index contributed by atoms with van der Waals surface area (Å²) in [6.07, 6.45) is 3.66. The van der Waals surface area contributed by atoms with E-state index in [1.807, 2.05) is 0 Å². The average Bonchev–Trinajstić information content (AvgIpc) is 2.64. The summed E-state index contributed by atoms with van der Waals surface area (Å²) < 4.78 is 0. The highest BCUT2D eigenvalue weighted by atomic mass is 16.2. The van der Waals surface area contributed by atoms with Crippen molar-refractivity contribution >= 4 is 5.91 Å². The number of hydrogen-bond donors (Lipinski definition) is 1. The number of rotatable bonds is 4. The molecule has 0 bridgehead atoms. The number of aryl methyl sites for hydroxylation is 2. The number of carbonyl (C=O) groups is 1. The smallest absolute Gasteiger partial charge is 0.220 e. The summed E-state index contributed by atoms with van der Waals surface area (Å²) in [6.45, 7) is 8.75. The molecular weight excluding hydrogens is 234 g/mol. The topological polar surface area (TPSA) is 29.1 Å². The van der Waals surface area contributed by atoms with Crippen LogP contribution in [-0.2, 0) is 11.2 Å². The van der Waals surface area contributed by atoms with Gasteiger partial charge in [-0.2, -0.15) is 0 Å². The lowest BCUT2D eigenvalue weighted by atomic mass is 9.82. The van der Waals surface area contributed by atoms with E-state index in [0.29, 0.717) is 12.3 Å². The van der Waals surface area contributed by atoms with Crippen LogP contribution >= 0.6 is 0 Å². The van der Waals surface area contributed by atoms with E-state index in [4.69, 9.17) is 0 Å². The normalized spacial score (nSPS) is 22.9. The Labute approximate surface area is 116 Å². The second-order valence-electron chi connectivity index (χ2n) is 6.52. The number of carbonyl (C=O) groups excluding carboxylic acids is 1. The van der Waals surface area contributed by atoms with Gasteiger partial charge in [-0.05, 0) is 55.7 Å². The Morgan fingerprint density at radius 1 is 1.26 bits per heavy atom. The molecule has 1 heterocycles. The Balaban J connectivity index is 2.20. The minimum Gasteiger partial charge on any atom is -0.350 e. The van der Waals surface area contributed by atoms with Gasteiger partial charge in [0.05, 0.1) is 0 Å². The molecule has 1 aromatic rings. The number of nitrogens with one attached hydrogen (secondary N) is 1. The van der Waals surface area contributed by atoms with Gasteiger partial charge < -0.3 is 5.32 Å². The lowest BCUT2D eigenvalue weighted by Gasteiger charge is -2.31. The van der Waals surface area contributed by atoms with Gasteiger partial charge in [0.1, 0.15) is 0 Å². The standard InChI is InChI=1S/C17H25NO/c1-12(2)10-17(8-7-16(19)18-17)11-15-6-5-13(3)14(4)9-15/h5-6,9,12H,7-8,10-11H2,1-4H3,(H,18,19). The quantitative estimate of drug-likeness (QED) is 0.880. The summed E-state index contributed by atoms with van der Waals surface area (Å²) in [5.74, 6) is 0.814. The van der Waals surface area contributed by atoms with E-state index < -0.39 is 0 Å². The molecule has 19 heavy (non-hydrogen) atoms. The fourth-order valence-corrected chi connectivity index (χ4v) is 3.22. The van der Waals surface area contributed by atoms with E-state index >= 15 is 0 Å². The average molecular weight is 259 g/mol. The van der Waals surface area contributed by atoms with Crippen LogP contribution in [-0.4, -0.2) is 11.4 Å². The molecule has 0 saturated carbocycles. The summed E-state index contributed by atoms with van der Waals surface area (Å²) in [6, 6.07) is 6.65. The second-order valence-corrected chi connectivity index (χ2v) is 6.52. The lowest BCUT2D eigenvalue weighted by Crippen LogP contribution is -2.44. The molecule has 1 atom stereocenters. The first-order valence-corrected chi connectivity index (χ1v) is 7.27. The van der Waals surface area contributed by atoms with Crippen LogP contribution in [0.25, 0.3) is 0 Å². The van der Waals surface area contributed by atoms with Gasteiger partial charge >= 0.3 is 0 Å². The molecule has 2 rings (SSSR count). The number of benzene rings is 1. The van der Waals surface area contributed by atoms with Crippen molar-refractivity contribution in [2.45, 2.75) is 58.9 Å². The van der Waals surface area contributed by atoms with Crippen LogP contribution in [0.4, 0.5) is 0 Å². The molecule has 2 nitrogen and oxygen atoms in total. The van der Waals surface area contributed by atoms with Gasteiger partial charge in [-0.1, -0.05) is 32.0 Å². The monoisotopic (exact) mass is 259 g/mol. The van der Waals surface area contributed by atoms with E-state index in [9.17, 15) is 4.79 Å². The van der Waals surface area contributed by atoms with Crippen molar-refractivity contribution in [3.05, 3.63) is 34.9 Å². The van der Waals surface area contributed by atoms with E-state index in [-0.39, 0.29) is 11.4 Å². The minimum atomic E-state index is -0.0209. The molecule has 1 aliphatic rings. The maximum Gasteiger partial charge on any atom is 0.220 e. The third-order valence-corrected chi connectivity index (χ3v) is 4.15. The van der Waals surface area contributed by atoms with Crippen LogP contribution in [0.5, 0.6) is 0 Å². The summed E-state index contributed by atoms with van der Waals surface area (Å²) in [5.41, 5.74) is 3.98. The predicted molar refractivity (Wildman–Crippen MR) is 79.2 cm³/mol. The maximum absolute atomic E-state index is 11.6. The molecule has 0 spiro atoms. The van der Waals surface area contributed by atoms with Gasteiger partial charge in [0.15, 0.2) is 0 Å². The molecule has 1 fully saturated rings. The molecule has 104 valence electrons. The van der Waals surface area contributed by atoms with Crippen molar-refractivity contribution in [1.82, 2.24) is 5.32 Å². The Hall–Kier alpha value is -1.31. The molecule has 0 radical (unpaired) electrons. The molecule has 0 aromatic heterocycles. The van der Waals surface area contributed by atoms with E-state index in [1.54, 1.807) is 0 Å². The molecule has 1 N–H and O–H groups in total. The zero-order chi connectivity index (χ0) is 14.0. The van der Waals surface area contributed by atoms with Crippen molar-refractivity contribution in [2.24, 2.45) is 5.92 Å². The zero-order valence-electron chi connectivity index (χ0n) is 12.5. The lowest BCUT2D eigenvalue weighted by molar-refractivity contribution is -0.119. The fourth-order valence-electron chi connectivity index (χ4n) is 3.22. The Morgan fingerprint density at radius 2 is 2.00 bits per heavy atom. The molecule has 1 aliphatic heterocycles. The SMILES string of the molecule is Cc1ccc(CC2(CC(C)C)CCC(=O)N2)cc1C. The summed E-state index contributed by atoms with van der Waals surface area (Å²) >= 11 is 0. The Morgan fingerprint density at radius 3 is 2.53 bits per heavy atom. The van der Waals surface area contributed by atoms with E-state index in [1.165, 1.54) is 16.7 Å². The largest absolute Gasteiger partial charge is 0.350 e. The molecule has 1 unspecified atom stereocenters. The van der Waals surface area contributed by atoms with Gasteiger partial charge in [0.2, 0.25) is 5.91 Å². The third kappa shape index (κ3) is 3.37. The Kier molecular flexibility index (Phi) is 3.98. The first-order chi connectivity index (χ1) is 8.90. The predicted octanol–water partition coefficient (Wildman–Crippen LogP) is 3.54. The maximum atomic E-state index is 11.6. The Bertz CT molecular complexity index is 478. The van der Waals surface area contributed by atoms with Crippen molar-refractivity contribution < 1.29 is 4.79 Å². The third-order valence-electron chi connectivity index (χ3n) is 4.15. The van der Waals surface area contributed by atoms with Crippen LogP contribution in [0.15, 0.2) is 18.2 Å². The van der Waals surface area contributed by atoms with Gasteiger partial charge in [-0.3, -0.25) is 4.79 Å². The highest BCUT2D eigenvalue weighted by Gasteiger charge is 2.38. The van der Waals surface area contributed by atoms with Crippen LogP contribution in [0.1, 0.15) is 49.8 Å². The van der Waals surface area contributed by atoms with Crippen LogP contribution in [0, 0.1) is 19.8 Å². The van der Waals surface area contributed by atoms with Gasteiger partial charge in [-0.15, -0.1) is 0 Å².